The zero-order valence-corrected chi connectivity index (χ0v) is 12.0. The van der Waals surface area contributed by atoms with Crippen LogP contribution in [-0.4, -0.2) is 55.2 Å². The monoisotopic (exact) mass is 260 g/mol. The lowest BCUT2D eigenvalue weighted by molar-refractivity contribution is -0.142. The Morgan fingerprint density at radius 3 is 2.76 bits per heavy atom. The molecule has 4 nitrogen and oxygen atoms in total. The highest BCUT2D eigenvalue weighted by Gasteiger charge is 2.46. The maximum Gasteiger partial charge on any atom is 0.232 e. The molecule has 17 heavy (non-hydrogen) atoms. The van der Waals surface area contributed by atoms with Crippen LogP contribution in [0.2, 0.25) is 0 Å². The molecule has 0 aliphatic carbocycles. The molecule has 0 aromatic carbocycles. The summed E-state index contributed by atoms with van der Waals surface area (Å²) < 4.78 is 5.34. The molecule has 1 fully saturated rings. The average Bonchev–Trinajstić information content (AvgIpc) is 2.66. The number of rotatable bonds is 5. The molecule has 0 bridgehead atoms. The van der Waals surface area contributed by atoms with Gasteiger partial charge < -0.3 is 15.4 Å². The first-order valence-corrected chi connectivity index (χ1v) is 7.46. The van der Waals surface area contributed by atoms with Crippen molar-refractivity contribution in [2.45, 2.75) is 32.4 Å². The maximum absolute atomic E-state index is 12.5. The van der Waals surface area contributed by atoms with Crippen molar-refractivity contribution < 1.29 is 9.53 Å². The Hall–Kier alpha value is -0.260. The summed E-state index contributed by atoms with van der Waals surface area (Å²) in [6.45, 7) is 4.94. The van der Waals surface area contributed by atoms with Gasteiger partial charge in [-0.1, -0.05) is 6.92 Å². The number of carbonyl (C=O) groups is 1. The fourth-order valence-corrected chi connectivity index (χ4v) is 3.02. The van der Waals surface area contributed by atoms with E-state index < -0.39 is 5.41 Å². The van der Waals surface area contributed by atoms with Crippen molar-refractivity contribution in [2.24, 2.45) is 11.1 Å². The number of thioether (sulfide) groups is 1. The van der Waals surface area contributed by atoms with Crippen molar-refractivity contribution in [3.8, 4) is 0 Å². The molecule has 0 aromatic heterocycles. The highest BCUT2D eigenvalue weighted by molar-refractivity contribution is 7.98. The van der Waals surface area contributed by atoms with E-state index in [1.807, 2.05) is 18.9 Å². The quantitative estimate of drug-likeness (QED) is 0.799. The van der Waals surface area contributed by atoms with Crippen molar-refractivity contribution in [3.63, 3.8) is 0 Å². The van der Waals surface area contributed by atoms with Gasteiger partial charge >= 0.3 is 0 Å². The SMILES string of the molecule is CCC(CSC)N(C)C(=O)C1(C)COCC1N. The Balaban J connectivity index is 2.74. The summed E-state index contributed by atoms with van der Waals surface area (Å²) >= 11 is 1.77. The highest BCUT2D eigenvalue weighted by atomic mass is 32.2. The lowest BCUT2D eigenvalue weighted by Gasteiger charge is -2.35. The summed E-state index contributed by atoms with van der Waals surface area (Å²) in [5.41, 5.74) is 5.43. The van der Waals surface area contributed by atoms with Crippen LogP contribution in [-0.2, 0) is 9.53 Å². The second-order valence-electron chi connectivity index (χ2n) is 4.97. The summed E-state index contributed by atoms with van der Waals surface area (Å²) in [5.74, 6) is 1.08. The normalized spacial score (nSPS) is 30.3. The molecule has 1 aliphatic heterocycles. The fraction of sp³-hybridized carbons (Fsp3) is 0.917. The Labute approximate surface area is 108 Å². The fourth-order valence-electron chi connectivity index (χ4n) is 2.17. The highest BCUT2D eigenvalue weighted by Crippen LogP contribution is 2.30. The van der Waals surface area contributed by atoms with Gasteiger partial charge in [0.2, 0.25) is 5.91 Å². The molecule has 100 valence electrons. The molecular formula is C12H24N2O2S. The van der Waals surface area contributed by atoms with Gasteiger partial charge in [0.1, 0.15) is 0 Å². The van der Waals surface area contributed by atoms with E-state index in [1.54, 1.807) is 11.8 Å². The largest absolute Gasteiger partial charge is 0.379 e. The molecular weight excluding hydrogens is 236 g/mol. The predicted octanol–water partition coefficient (Wildman–Crippen LogP) is 0.950. The van der Waals surface area contributed by atoms with Gasteiger partial charge in [-0.2, -0.15) is 11.8 Å². The van der Waals surface area contributed by atoms with E-state index in [4.69, 9.17) is 10.5 Å². The van der Waals surface area contributed by atoms with Crippen LogP contribution in [0.25, 0.3) is 0 Å². The zero-order chi connectivity index (χ0) is 13.1. The molecule has 1 aliphatic rings. The summed E-state index contributed by atoms with van der Waals surface area (Å²) in [5, 5.41) is 0. The molecule has 3 unspecified atom stereocenters. The average molecular weight is 260 g/mol. The van der Waals surface area contributed by atoms with Crippen LogP contribution in [0.3, 0.4) is 0 Å². The van der Waals surface area contributed by atoms with Crippen molar-refractivity contribution in [3.05, 3.63) is 0 Å². The van der Waals surface area contributed by atoms with Gasteiger partial charge in [-0.15, -0.1) is 0 Å². The van der Waals surface area contributed by atoms with Gasteiger partial charge in [0, 0.05) is 24.9 Å². The molecule has 1 rings (SSSR count). The maximum atomic E-state index is 12.5. The summed E-state index contributed by atoms with van der Waals surface area (Å²) in [4.78, 5) is 14.4. The summed E-state index contributed by atoms with van der Waals surface area (Å²) in [6.07, 6.45) is 3.03. The Bertz CT molecular complexity index is 275. The molecule has 2 N–H and O–H groups in total. The van der Waals surface area contributed by atoms with Gasteiger partial charge in [0.25, 0.3) is 0 Å². The zero-order valence-electron chi connectivity index (χ0n) is 11.2. The number of nitrogens with two attached hydrogens (primary N) is 1. The van der Waals surface area contributed by atoms with E-state index in [0.717, 1.165) is 12.2 Å². The van der Waals surface area contributed by atoms with Crippen LogP contribution in [0.5, 0.6) is 0 Å². The van der Waals surface area contributed by atoms with E-state index >= 15 is 0 Å². The van der Waals surface area contributed by atoms with E-state index in [1.165, 1.54) is 0 Å². The van der Waals surface area contributed by atoms with Crippen molar-refractivity contribution in [1.29, 1.82) is 0 Å². The topological polar surface area (TPSA) is 55.6 Å². The molecule has 1 heterocycles. The van der Waals surface area contributed by atoms with Crippen molar-refractivity contribution in [1.82, 2.24) is 4.90 Å². The number of nitrogens with zero attached hydrogens (tertiary/aromatic N) is 1. The first-order chi connectivity index (χ1) is 7.97. The van der Waals surface area contributed by atoms with Gasteiger partial charge in [-0.3, -0.25) is 4.79 Å². The van der Waals surface area contributed by atoms with E-state index in [-0.39, 0.29) is 18.0 Å². The predicted molar refractivity (Wildman–Crippen MR) is 72.1 cm³/mol. The minimum Gasteiger partial charge on any atom is -0.379 e. The number of amides is 1. The molecule has 0 radical (unpaired) electrons. The minimum absolute atomic E-state index is 0.114. The summed E-state index contributed by atoms with van der Waals surface area (Å²) in [6, 6.07) is 0.0892. The van der Waals surface area contributed by atoms with Crippen LogP contribution in [0.15, 0.2) is 0 Å². The number of hydrogen-bond donors (Lipinski definition) is 1. The number of ether oxygens (including phenoxy) is 1. The van der Waals surface area contributed by atoms with E-state index in [0.29, 0.717) is 13.2 Å². The molecule has 3 atom stereocenters. The second kappa shape index (κ2) is 6.07. The van der Waals surface area contributed by atoms with Gasteiger partial charge in [-0.05, 0) is 19.6 Å². The Kier molecular flexibility index (Phi) is 5.28. The van der Waals surface area contributed by atoms with Crippen LogP contribution < -0.4 is 5.73 Å². The van der Waals surface area contributed by atoms with Gasteiger partial charge in [-0.25, -0.2) is 0 Å². The molecule has 1 saturated heterocycles. The number of carbonyl (C=O) groups excluding carboxylic acids is 1. The van der Waals surface area contributed by atoms with E-state index in [2.05, 4.69) is 13.2 Å². The number of hydrogen-bond acceptors (Lipinski definition) is 4. The first kappa shape index (κ1) is 14.8. The van der Waals surface area contributed by atoms with Crippen LogP contribution in [0.4, 0.5) is 0 Å². The third-order valence-corrected chi connectivity index (χ3v) is 4.42. The van der Waals surface area contributed by atoms with Gasteiger partial charge in [0.15, 0.2) is 0 Å². The molecule has 0 spiro atoms. The third kappa shape index (κ3) is 2.95. The lowest BCUT2D eigenvalue weighted by Crippen LogP contribution is -2.53. The van der Waals surface area contributed by atoms with Gasteiger partial charge in [0.05, 0.1) is 18.6 Å². The van der Waals surface area contributed by atoms with Crippen LogP contribution in [0, 0.1) is 5.41 Å². The van der Waals surface area contributed by atoms with Crippen molar-refractivity contribution >= 4 is 17.7 Å². The lowest BCUT2D eigenvalue weighted by atomic mass is 9.84. The molecule has 5 heteroatoms. The van der Waals surface area contributed by atoms with Crippen LogP contribution >= 0.6 is 11.8 Å². The van der Waals surface area contributed by atoms with E-state index in [9.17, 15) is 4.79 Å². The van der Waals surface area contributed by atoms with Crippen LogP contribution in [0.1, 0.15) is 20.3 Å². The molecule has 0 saturated carbocycles. The Morgan fingerprint density at radius 1 is 1.71 bits per heavy atom. The Morgan fingerprint density at radius 2 is 2.35 bits per heavy atom. The molecule has 1 amide bonds. The first-order valence-electron chi connectivity index (χ1n) is 6.06. The third-order valence-electron chi connectivity index (χ3n) is 3.70. The van der Waals surface area contributed by atoms with Crippen molar-refractivity contribution in [2.75, 3.05) is 32.3 Å². The summed E-state index contributed by atoms with van der Waals surface area (Å²) in [7, 11) is 1.88. The molecule has 0 aromatic rings. The standard InChI is InChI=1S/C12H24N2O2S/c1-5-9(7-17-4)14(3)11(15)12(2)8-16-6-10(12)13/h9-10H,5-8,13H2,1-4H3. The smallest absolute Gasteiger partial charge is 0.232 e. The minimum atomic E-state index is -0.555. The second-order valence-corrected chi connectivity index (χ2v) is 5.88.